The summed E-state index contributed by atoms with van der Waals surface area (Å²) in [6.45, 7) is 21.1. The molecule has 0 aliphatic heterocycles. The summed E-state index contributed by atoms with van der Waals surface area (Å²) in [6.07, 6.45) is 7.09. The molecule has 0 spiro atoms. The van der Waals surface area contributed by atoms with Crippen molar-refractivity contribution >= 4 is 42.6 Å². The number of hydrogen-bond acceptors (Lipinski definition) is 6. The first kappa shape index (κ1) is 40.8. The van der Waals surface area contributed by atoms with Crippen LogP contribution < -0.4 is 0 Å². The molecule has 0 radical (unpaired) electrons. The molecular formula is C29H70O6Si5. The van der Waals surface area contributed by atoms with E-state index < -0.39 is 42.6 Å². The van der Waals surface area contributed by atoms with E-state index >= 15 is 0 Å². The maximum atomic E-state index is 7.58. The van der Waals surface area contributed by atoms with Gasteiger partial charge < -0.3 is 25.6 Å². The summed E-state index contributed by atoms with van der Waals surface area (Å²) >= 11 is 0. The molecule has 0 saturated carbocycles. The lowest BCUT2D eigenvalue weighted by atomic mass is 10.1. The lowest BCUT2D eigenvalue weighted by molar-refractivity contribution is 0.122. The van der Waals surface area contributed by atoms with Crippen molar-refractivity contribution in [1.82, 2.24) is 0 Å². The Balaban J connectivity index is 5.89. The molecule has 0 amide bonds. The molecule has 0 fully saturated rings. The molecule has 0 aromatic carbocycles. The first-order valence-electron chi connectivity index (χ1n) is 16.8. The van der Waals surface area contributed by atoms with Crippen LogP contribution in [0, 0.1) is 0 Å². The minimum atomic E-state index is -2.86. The molecule has 6 nitrogen and oxygen atoms in total. The zero-order valence-electron chi connectivity index (χ0n) is 29.0. The van der Waals surface area contributed by atoms with Crippen LogP contribution in [-0.2, 0) is 25.6 Å². The van der Waals surface area contributed by atoms with Gasteiger partial charge in [-0.3, -0.25) is 0 Å². The van der Waals surface area contributed by atoms with Gasteiger partial charge in [0.25, 0.3) is 0 Å². The van der Waals surface area contributed by atoms with Crippen molar-refractivity contribution in [2.24, 2.45) is 0 Å². The molecule has 0 unspecified atom stereocenters. The summed E-state index contributed by atoms with van der Waals surface area (Å²) in [5.74, 6) is 0. The molecule has 0 rings (SSSR count). The van der Waals surface area contributed by atoms with Gasteiger partial charge in [0.15, 0.2) is 25.0 Å². The molecule has 0 saturated heterocycles. The molecule has 0 aliphatic carbocycles. The van der Waals surface area contributed by atoms with Crippen LogP contribution in [0.1, 0.15) is 101 Å². The Bertz CT molecular complexity index is 538. The van der Waals surface area contributed by atoms with Gasteiger partial charge in [-0.25, -0.2) is 0 Å². The van der Waals surface area contributed by atoms with E-state index in [2.05, 4.69) is 62.3 Å². The van der Waals surface area contributed by atoms with Crippen molar-refractivity contribution in [2.75, 3.05) is 21.3 Å². The summed E-state index contributed by atoms with van der Waals surface area (Å²) < 4.78 is 39.5. The number of rotatable bonds is 27. The maximum Gasteiger partial charge on any atom is 0.500 e. The molecule has 0 heterocycles. The Kier molecular flexibility index (Phi) is 21.2. The zero-order chi connectivity index (χ0) is 30.8. The summed E-state index contributed by atoms with van der Waals surface area (Å²) in [5, 5.41) is 0. The smallest absolute Gasteiger partial charge is 0.416 e. The zero-order valence-corrected chi connectivity index (χ0v) is 34.0. The van der Waals surface area contributed by atoms with E-state index in [0.29, 0.717) is 0 Å². The van der Waals surface area contributed by atoms with Crippen molar-refractivity contribution in [3.8, 4) is 0 Å². The lowest BCUT2D eigenvalue weighted by Crippen LogP contribution is -2.64. The highest BCUT2D eigenvalue weighted by atomic mass is 28.5. The van der Waals surface area contributed by atoms with Crippen LogP contribution in [0.5, 0.6) is 0 Å². The fraction of sp³-hybridized carbons (Fsp3) is 1.00. The van der Waals surface area contributed by atoms with Crippen molar-refractivity contribution in [3.05, 3.63) is 0 Å². The standard InChI is InChI=1S/C29H70O6Si5/c1-13-36(14-2,15-3)33-40(34-37(16-4,17-5)18-6,35-38(19-7,20-8)21-9)29-27-25-23-22-24-26-28-39(30-10,31-11)32-12/h13-29H2,1-12H3. The molecular weight excluding hydrogens is 585 g/mol. The number of hydrogen-bond donors (Lipinski definition) is 0. The molecule has 0 aliphatic rings. The van der Waals surface area contributed by atoms with Crippen LogP contribution in [0.15, 0.2) is 0 Å². The Morgan fingerprint density at radius 3 is 0.775 bits per heavy atom. The predicted octanol–water partition coefficient (Wildman–Crippen LogP) is 10.2. The Labute approximate surface area is 256 Å². The fourth-order valence-electron chi connectivity index (χ4n) is 6.05. The lowest BCUT2D eigenvalue weighted by Gasteiger charge is -2.48. The van der Waals surface area contributed by atoms with Crippen molar-refractivity contribution < 1.29 is 25.6 Å². The topological polar surface area (TPSA) is 55.4 Å². The Morgan fingerprint density at radius 1 is 0.325 bits per heavy atom. The van der Waals surface area contributed by atoms with Gasteiger partial charge in [0.1, 0.15) is 0 Å². The highest BCUT2D eigenvalue weighted by molar-refractivity contribution is 6.92. The quantitative estimate of drug-likeness (QED) is 0.0649. The normalized spacial score (nSPS) is 13.8. The third-order valence-electron chi connectivity index (χ3n) is 10.1. The van der Waals surface area contributed by atoms with E-state index in [0.717, 1.165) is 79.3 Å². The largest absolute Gasteiger partial charge is 0.500 e. The average Bonchev–Trinajstić information content (AvgIpc) is 3.01. The summed E-state index contributed by atoms with van der Waals surface area (Å²) in [6, 6.07) is 12.2. The van der Waals surface area contributed by atoms with Gasteiger partial charge in [0.2, 0.25) is 0 Å². The van der Waals surface area contributed by atoms with E-state index in [4.69, 9.17) is 25.6 Å². The molecule has 0 bridgehead atoms. The summed E-state index contributed by atoms with van der Waals surface area (Å²) in [7, 11) is -5.96. The van der Waals surface area contributed by atoms with E-state index in [1.807, 2.05) is 0 Å². The van der Waals surface area contributed by atoms with Crippen LogP contribution in [0.25, 0.3) is 0 Å². The molecule has 0 atom stereocenters. The van der Waals surface area contributed by atoms with Crippen LogP contribution in [-0.4, -0.2) is 63.9 Å². The van der Waals surface area contributed by atoms with Crippen molar-refractivity contribution in [1.29, 1.82) is 0 Å². The second-order valence-corrected chi connectivity index (χ2v) is 32.5. The first-order chi connectivity index (χ1) is 19.1. The van der Waals surface area contributed by atoms with Gasteiger partial charge in [-0.15, -0.1) is 0 Å². The summed E-state index contributed by atoms with van der Waals surface area (Å²) in [5.41, 5.74) is 0. The third-order valence-corrected chi connectivity index (χ3v) is 34.4. The van der Waals surface area contributed by atoms with Crippen LogP contribution >= 0.6 is 0 Å². The van der Waals surface area contributed by atoms with E-state index in [1.54, 1.807) is 21.3 Å². The van der Waals surface area contributed by atoms with E-state index in [9.17, 15) is 0 Å². The minimum absolute atomic E-state index is 0.884. The third kappa shape index (κ3) is 12.1. The molecule has 242 valence electrons. The van der Waals surface area contributed by atoms with Gasteiger partial charge in [-0.2, -0.15) is 0 Å². The minimum Gasteiger partial charge on any atom is -0.416 e. The Morgan fingerprint density at radius 2 is 0.550 bits per heavy atom. The molecule has 0 aromatic heterocycles. The Hall–Kier alpha value is 0.844. The van der Waals surface area contributed by atoms with Gasteiger partial charge in [-0.05, 0) is 67.2 Å². The van der Waals surface area contributed by atoms with E-state index in [1.165, 1.54) is 25.7 Å². The second kappa shape index (κ2) is 20.7. The van der Waals surface area contributed by atoms with Crippen LogP contribution in [0.2, 0.25) is 66.5 Å². The fourth-order valence-corrected chi connectivity index (χ4v) is 29.0. The number of unbranched alkanes of at least 4 members (excludes halogenated alkanes) is 5. The molecule has 40 heavy (non-hydrogen) atoms. The SMILES string of the molecule is CC[Si](CC)(CC)O[Si](CCCCCCCC[Si](OC)(OC)OC)(O[Si](CC)(CC)CC)O[Si](CC)(CC)CC. The first-order valence-corrected chi connectivity index (χ1v) is 28.3. The van der Waals surface area contributed by atoms with Gasteiger partial charge in [0.05, 0.1) is 0 Å². The molecule has 0 aromatic rings. The summed E-state index contributed by atoms with van der Waals surface area (Å²) in [4.78, 5) is 0. The maximum absolute atomic E-state index is 7.58. The van der Waals surface area contributed by atoms with Gasteiger partial charge in [0, 0.05) is 33.4 Å². The van der Waals surface area contributed by atoms with Crippen molar-refractivity contribution in [3.63, 3.8) is 0 Å². The average molecular weight is 655 g/mol. The van der Waals surface area contributed by atoms with Gasteiger partial charge in [-0.1, -0.05) is 88.0 Å². The van der Waals surface area contributed by atoms with Crippen molar-refractivity contribution in [2.45, 2.75) is 167 Å². The van der Waals surface area contributed by atoms with Crippen LogP contribution in [0.3, 0.4) is 0 Å². The monoisotopic (exact) mass is 654 g/mol. The molecule has 0 N–H and O–H groups in total. The predicted molar refractivity (Wildman–Crippen MR) is 185 cm³/mol. The molecule has 11 heteroatoms. The van der Waals surface area contributed by atoms with Crippen LogP contribution in [0.4, 0.5) is 0 Å². The highest BCUT2D eigenvalue weighted by Crippen LogP contribution is 2.39. The second-order valence-electron chi connectivity index (χ2n) is 11.6. The van der Waals surface area contributed by atoms with E-state index in [-0.39, 0.29) is 0 Å². The highest BCUT2D eigenvalue weighted by Gasteiger charge is 2.54. The van der Waals surface area contributed by atoms with Gasteiger partial charge >= 0.3 is 17.6 Å².